The second-order valence-corrected chi connectivity index (χ2v) is 11.0. The summed E-state index contributed by atoms with van der Waals surface area (Å²) in [6.45, 7) is 0.0250. The predicted molar refractivity (Wildman–Crippen MR) is 164 cm³/mol. The van der Waals surface area contributed by atoms with Crippen LogP contribution in [0.1, 0.15) is 28.3 Å². The molecule has 0 radical (unpaired) electrons. The molecule has 0 amide bonds. The van der Waals surface area contributed by atoms with Gasteiger partial charge < -0.3 is 14.7 Å². The molecule has 6 rings (SSSR count). The summed E-state index contributed by atoms with van der Waals surface area (Å²) >= 11 is 6.80. The summed E-state index contributed by atoms with van der Waals surface area (Å²) in [6, 6.07) is 24.0. The molecule has 5 aromatic rings. The molecule has 6 nitrogen and oxygen atoms in total. The molecular weight excluding hydrogens is 593 g/mol. The highest BCUT2D eigenvalue weighted by Gasteiger charge is 2.40. The fourth-order valence-electron chi connectivity index (χ4n) is 6.00. The molecule has 1 aromatic heterocycles. The Hall–Kier alpha value is -4.76. The van der Waals surface area contributed by atoms with Crippen molar-refractivity contribution in [3.05, 3.63) is 129 Å². The molecule has 224 valence electrons. The average molecular weight is 619 g/mol. The lowest BCUT2D eigenvalue weighted by atomic mass is 9.92. The topological polar surface area (TPSA) is 71.8 Å². The number of hydrogen-bond acceptors (Lipinski definition) is 4. The van der Waals surface area contributed by atoms with Crippen molar-refractivity contribution in [1.82, 2.24) is 4.57 Å². The Bertz CT molecular complexity index is 1970. The first-order valence-corrected chi connectivity index (χ1v) is 14.2. The number of anilines is 1. The number of aromatic nitrogens is 1. The van der Waals surface area contributed by atoms with E-state index < -0.39 is 29.3 Å². The van der Waals surface area contributed by atoms with Gasteiger partial charge in [-0.3, -0.25) is 9.36 Å². The summed E-state index contributed by atoms with van der Waals surface area (Å²) in [5.74, 6) is -0.526. The second-order valence-electron chi connectivity index (χ2n) is 10.6. The van der Waals surface area contributed by atoms with Gasteiger partial charge in [-0.1, -0.05) is 84.4 Å². The lowest BCUT2D eigenvalue weighted by Gasteiger charge is -2.25. The van der Waals surface area contributed by atoms with Crippen LogP contribution in [0.2, 0.25) is 5.02 Å². The van der Waals surface area contributed by atoms with Crippen LogP contribution in [0.5, 0.6) is 5.75 Å². The number of nitrogens with zero attached hydrogens (tertiary/aromatic N) is 2. The number of carboxylic acids is 1. The number of carbonyl (C=O) groups is 1. The number of aliphatic carboxylic acids is 1. The summed E-state index contributed by atoms with van der Waals surface area (Å²) in [5.41, 5.74) is 0.671. The number of hydrogen-bond donors (Lipinski definition) is 1. The molecule has 0 saturated carbocycles. The number of methoxy groups -OCH3 is 1. The monoisotopic (exact) mass is 618 g/mol. The number of benzene rings is 4. The van der Waals surface area contributed by atoms with Gasteiger partial charge in [0.15, 0.2) is 6.04 Å². The Labute approximate surface area is 255 Å². The lowest BCUT2D eigenvalue weighted by molar-refractivity contribution is -0.140. The van der Waals surface area contributed by atoms with E-state index in [1.54, 1.807) is 23.1 Å². The molecule has 2 heterocycles. The van der Waals surface area contributed by atoms with Gasteiger partial charge in [0.2, 0.25) is 0 Å². The first-order valence-electron chi connectivity index (χ1n) is 13.8. The fraction of sp³-hybridized carbons (Fsp3) is 0.176. The number of fused-ring (bicyclic) bond motifs is 2. The molecule has 4 aromatic carbocycles. The Kier molecular flexibility index (Phi) is 7.59. The third-order valence-corrected chi connectivity index (χ3v) is 8.38. The highest BCUT2D eigenvalue weighted by Crippen LogP contribution is 2.45. The highest BCUT2D eigenvalue weighted by molar-refractivity contribution is 6.32. The number of alkyl halides is 3. The summed E-state index contributed by atoms with van der Waals surface area (Å²) in [5, 5.41) is 11.8. The number of rotatable bonds is 7. The van der Waals surface area contributed by atoms with Gasteiger partial charge in [-0.2, -0.15) is 13.2 Å². The van der Waals surface area contributed by atoms with Gasteiger partial charge >= 0.3 is 12.1 Å². The molecule has 0 bridgehead atoms. The van der Waals surface area contributed by atoms with Gasteiger partial charge in [0.25, 0.3) is 5.56 Å². The van der Waals surface area contributed by atoms with E-state index in [0.29, 0.717) is 16.9 Å². The molecule has 44 heavy (non-hydrogen) atoms. The molecule has 1 N–H and O–H groups in total. The van der Waals surface area contributed by atoms with Gasteiger partial charge in [0.05, 0.1) is 19.2 Å². The van der Waals surface area contributed by atoms with E-state index in [4.69, 9.17) is 16.3 Å². The number of pyridine rings is 1. The van der Waals surface area contributed by atoms with Crippen molar-refractivity contribution in [2.45, 2.75) is 25.2 Å². The second kappa shape index (κ2) is 11.4. The Morgan fingerprint density at radius 3 is 2.41 bits per heavy atom. The summed E-state index contributed by atoms with van der Waals surface area (Å²) in [6.07, 6.45) is -4.51. The van der Waals surface area contributed by atoms with E-state index in [1.165, 1.54) is 19.2 Å². The number of halogens is 4. The maximum atomic E-state index is 14.0. The van der Waals surface area contributed by atoms with Crippen LogP contribution in [0.15, 0.2) is 95.8 Å². The summed E-state index contributed by atoms with van der Waals surface area (Å²) < 4.78 is 48.5. The van der Waals surface area contributed by atoms with Crippen LogP contribution in [0, 0.1) is 0 Å². The Balaban J connectivity index is 1.66. The van der Waals surface area contributed by atoms with E-state index >= 15 is 0 Å². The van der Waals surface area contributed by atoms with Gasteiger partial charge in [0.1, 0.15) is 16.6 Å². The van der Waals surface area contributed by atoms with Crippen molar-refractivity contribution in [2.24, 2.45) is 0 Å². The van der Waals surface area contributed by atoms with E-state index in [0.717, 1.165) is 33.0 Å². The minimum absolute atomic E-state index is 0.108. The average Bonchev–Trinajstić information content (AvgIpc) is 3.39. The Morgan fingerprint density at radius 2 is 1.66 bits per heavy atom. The molecule has 1 unspecified atom stereocenters. The highest BCUT2D eigenvalue weighted by atomic mass is 35.5. The first-order chi connectivity index (χ1) is 21.1. The van der Waals surface area contributed by atoms with Crippen molar-refractivity contribution >= 4 is 34.2 Å². The van der Waals surface area contributed by atoms with Crippen LogP contribution < -0.4 is 15.2 Å². The van der Waals surface area contributed by atoms with E-state index in [-0.39, 0.29) is 41.5 Å². The van der Waals surface area contributed by atoms with E-state index in [1.807, 2.05) is 48.5 Å². The van der Waals surface area contributed by atoms with Gasteiger partial charge in [0, 0.05) is 24.1 Å². The zero-order valence-electron chi connectivity index (χ0n) is 23.4. The molecule has 0 aliphatic carbocycles. The van der Waals surface area contributed by atoms with Crippen LogP contribution in [0.25, 0.3) is 21.9 Å². The Morgan fingerprint density at radius 1 is 0.977 bits per heavy atom. The van der Waals surface area contributed by atoms with Crippen molar-refractivity contribution in [2.75, 3.05) is 18.6 Å². The van der Waals surface area contributed by atoms with Gasteiger partial charge in [-0.05, 0) is 45.7 Å². The maximum Gasteiger partial charge on any atom is 0.416 e. The predicted octanol–water partition coefficient (Wildman–Crippen LogP) is 7.59. The van der Waals surface area contributed by atoms with Crippen LogP contribution in [-0.2, 0) is 23.9 Å². The number of carboxylic acid groups (broad SMARTS) is 1. The zero-order valence-corrected chi connectivity index (χ0v) is 24.2. The number of ether oxygens (including phenoxy) is 1. The molecule has 1 atom stereocenters. The fourth-order valence-corrected chi connectivity index (χ4v) is 6.25. The van der Waals surface area contributed by atoms with Crippen molar-refractivity contribution in [3.8, 4) is 16.9 Å². The lowest BCUT2D eigenvalue weighted by Crippen LogP contribution is -2.29. The van der Waals surface area contributed by atoms with Crippen molar-refractivity contribution < 1.29 is 27.8 Å². The molecule has 10 heteroatoms. The van der Waals surface area contributed by atoms with E-state index in [2.05, 4.69) is 0 Å². The largest absolute Gasteiger partial charge is 0.496 e. The standard InChI is InChI=1S/C34H26ClF3N2O4/c1-44-28-15-5-3-9-23(28)18-39-19-27(33(42)43)40-31(39)29(22-12-7-13-24(16-22)34(36,37)38)26(30(35)32(40)41)17-21-11-6-10-20-8-2-4-14-25(20)21/h2-16,27H,17-19H2,1H3,(H,42,43). The summed E-state index contributed by atoms with van der Waals surface area (Å²) in [4.78, 5) is 28.1. The van der Waals surface area contributed by atoms with Crippen molar-refractivity contribution in [1.29, 1.82) is 0 Å². The molecule has 0 spiro atoms. The quantitative estimate of drug-likeness (QED) is 0.204. The minimum Gasteiger partial charge on any atom is -0.496 e. The molecule has 0 saturated heterocycles. The normalized spacial score (nSPS) is 14.6. The van der Waals surface area contributed by atoms with Crippen molar-refractivity contribution in [3.63, 3.8) is 0 Å². The third-order valence-electron chi connectivity index (χ3n) is 7.99. The van der Waals surface area contributed by atoms with Gasteiger partial charge in [-0.25, -0.2) is 4.79 Å². The minimum atomic E-state index is -4.63. The maximum absolute atomic E-state index is 14.0. The van der Waals surface area contributed by atoms with Crippen LogP contribution in [0.4, 0.5) is 19.0 Å². The molecule has 1 aliphatic heterocycles. The molecule has 0 fully saturated rings. The third kappa shape index (κ3) is 5.17. The van der Waals surface area contributed by atoms with Crippen LogP contribution >= 0.6 is 11.6 Å². The molecule has 1 aliphatic rings. The molecular formula is C34H26ClF3N2O4. The van der Waals surface area contributed by atoms with Crippen LogP contribution in [-0.4, -0.2) is 29.3 Å². The van der Waals surface area contributed by atoms with E-state index in [9.17, 15) is 27.9 Å². The first kappa shape index (κ1) is 29.3. The SMILES string of the molecule is COc1ccccc1CN1CC(C(=O)O)n2c1c(-c1cccc(C(F)(F)F)c1)c(Cc1cccc3ccccc13)c(Cl)c2=O. The smallest absolute Gasteiger partial charge is 0.416 e. The zero-order chi connectivity index (χ0) is 31.2. The number of para-hydroxylation sites is 1. The van der Waals surface area contributed by atoms with Crippen LogP contribution in [0.3, 0.4) is 0 Å². The van der Waals surface area contributed by atoms with Gasteiger partial charge in [-0.15, -0.1) is 0 Å². The summed E-state index contributed by atoms with van der Waals surface area (Å²) in [7, 11) is 1.51.